The van der Waals surface area contributed by atoms with E-state index < -0.39 is 0 Å². The van der Waals surface area contributed by atoms with Crippen LogP contribution in [0.2, 0.25) is 0 Å². The molecular formula is C14H18N2O. The van der Waals surface area contributed by atoms with Gasteiger partial charge in [-0.15, -0.1) is 0 Å². The number of hydrogen-bond donors (Lipinski definition) is 0. The van der Waals surface area contributed by atoms with Crippen molar-refractivity contribution in [1.29, 1.82) is 0 Å². The van der Waals surface area contributed by atoms with Crippen molar-refractivity contribution in [2.24, 2.45) is 0 Å². The molecule has 0 aliphatic heterocycles. The lowest BCUT2D eigenvalue weighted by molar-refractivity contribution is 0.709. The van der Waals surface area contributed by atoms with E-state index in [1.54, 1.807) is 0 Å². The van der Waals surface area contributed by atoms with Crippen molar-refractivity contribution in [3.05, 3.63) is 40.3 Å². The molecular weight excluding hydrogens is 212 g/mol. The molecule has 0 radical (unpaired) electrons. The van der Waals surface area contributed by atoms with E-state index in [4.69, 9.17) is 0 Å². The Morgan fingerprint density at radius 1 is 1.24 bits per heavy atom. The van der Waals surface area contributed by atoms with Crippen LogP contribution in [0.25, 0.3) is 11.0 Å². The smallest absolute Gasteiger partial charge is 0.272 e. The number of unbranched alkanes of at least 4 members (excludes halogenated alkanes) is 1. The van der Waals surface area contributed by atoms with Crippen molar-refractivity contribution >= 4 is 11.0 Å². The molecule has 0 spiro atoms. The molecule has 90 valence electrons. The van der Waals surface area contributed by atoms with Gasteiger partial charge in [0, 0.05) is 6.54 Å². The summed E-state index contributed by atoms with van der Waals surface area (Å²) in [4.78, 5) is 16.7. The Labute approximate surface area is 101 Å². The van der Waals surface area contributed by atoms with Gasteiger partial charge in [0.25, 0.3) is 5.56 Å². The summed E-state index contributed by atoms with van der Waals surface area (Å²) in [5.41, 5.74) is 2.62. The first-order valence-electron chi connectivity index (χ1n) is 6.26. The summed E-state index contributed by atoms with van der Waals surface area (Å²) in [6.45, 7) is 4.82. The minimum absolute atomic E-state index is 0.0691. The van der Waals surface area contributed by atoms with Gasteiger partial charge in [0.15, 0.2) is 0 Å². The molecule has 3 nitrogen and oxygen atoms in total. The molecule has 1 aromatic heterocycles. The molecule has 17 heavy (non-hydrogen) atoms. The highest BCUT2D eigenvalue weighted by atomic mass is 16.1. The fourth-order valence-corrected chi connectivity index (χ4v) is 2.07. The fourth-order valence-electron chi connectivity index (χ4n) is 2.07. The molecule has 0 atom stereocenters. The number of hydrogen-bond acceptors (Lipinski definition) is 2. The van der Waals surface area contributed by atoms with Crippen LogP contribution in [0.5, 0.6) is 0 Å². The van der Waals surface area contributed by atoms with Crippen LogP contribution in [0.15, 0.2) is 29.1 Å². The molecule has 0 aliphatic rings. The molecule has 1 aromatic carbocycles. The summed E-state index contributed by atoms with van der Waals surface area (Å²) in [6, 6.07) is 7.83. The highest BCUT2D eigenvalue weighted by molar-refractivity contribution is 5.74. The van der Waals surface area contributed by atoms with Crippen LogP contribution in [0, 0.1) is 0 Å². The molecule has 2 aromatic rings. The first kappa shape index (κ1) is 11.8. The second-order valence-electron chi connectivity index (χ2n) is 4.20. The standard InChI is InChI=1S/C14H18N2O/c1-3-5-8-12-14(17)16(4-2)13-10-7-6-9-11(13)15-12/h6-7,9-10H,3-5,8H2,1-2H3. The maximum absolute atomic E-state index is 12.2. The number of rotatable bonds is 4. The van der Waals surface area contributed by atoms with Gasteiger partial charge in [0.1, 0.15) is 5.69 Å². The van der Waals surface area contributed by atoms with Gasteiger partial charge < -0.3 is 4.57 Å². The average molecular weight is 230 g/mol. The Morgan fingerprint density at radius 3 is 2.71 bits per heavy atom. The van der Waals surface area contributed by atoms with Crippen LogP contribution in [0.1, 0.15) is 32.4 Å². The summed E-state index contributed by atoms with van der Waals surface area (Å²) in [7, 11) is 0. The lowest BCUT2D eigenvalue weighted by Gasteiger charge is -2.09. The van der Waals surface area contributed by atoms with Crippen LogP contribution in [0.3, 0.4) is 0 Å². The molecule has 0 unspecified atom stereocenters. The third-order valence-electron chi connectivity index (χ3n) is 3.00. The third-order valence-corrected chi connectivity index (χ3v) is 3.00. The lowest BCUT2D eigenvalue weighted by Crippen LogP contribution is -2.25. The van der Waals surface area contributed by atoms with E-state index in [1.807, 2.05) is 35.8 Å². The zero-order valence-electron chi connectivity index (χ0n) is 10.4. The molecule has 0 saturated carbocycles. The van der Waals surface area contributed by atoms with Crippen LogP contribution in [0.4, 0.5) is 0 Å². The minimum atomic E-state index is 0.0691. The molecule has 0 aliphatic carbocycles. The second kappa shape index (κ2) is 5.13. The van der Waals surface area contributed by atoms with Crippen LogP contribution >= 0.6 is 0 Å². The van der Waals surface area contributed by atoms with Crippen LogP contribution in [-0.4, -0.2) is 9.55 Å². The molecule has 0 bridgehead atoms. The first-order valence-corrected chi connectivity index (χ1v) is 6.26. The van der Waals surface area contributed by atoms with Gasteiger partial charge in [-0.1, -0.05) is 25.5 Å². The summed E-state index contributed by atoms with van der Waals surface area (Å²) >= 11 is 0. The van der Waals surface area contributed by atoms with Crippen molar-refractivity contribution in [2.75, 3.05) is 0 Å². The highest BCUT2D eigenvalue weighted by Gasteiger charge is 2.08. The van der Waals surface area contributed by atoms with Gasteiger partial charge in [-0.05, 0) is 31.9 Å². The second-order valence-corrected chi connectivity index (χ2v) is 4.20. The quantitative estimate of drug-likeness (QED) is 0.809. The molecule has 3 heteroatoms. The van der Waals surface area contributed by atoms with Gasteiger partial charge >= 0.3 is 0 Å². The van der Waals surface area contributed by atoms with Gasteiger partial charge in [-0.2, -0.15) is 0 Å². The predicted octanol–water partition coefficient (Wildman–Crippen LogP) is 2.76. The number of fused-ring (bicyclic) bond motifs is 1. The molecule has 0 fully saturated rings. The van der Waals surface area contributed by atoms with E-state index in [1.165, 1.54) is 0 Å². The summed E-state index contributed by atoms with van der Waals surface area (Å²) in [5.74, 6) is 0. The maximum atomic E-state index is 12.2. The highest BCUT2D eigenvalue weighted by Crippen LogP contribution is 2.10. The van der Waals surface area contributed by atoms with Crippen molar-refractivity contribution in [2.45, 2.75) is 39.7 Å². The number of para-hydroxylation sites is 2. The van der Waals surface area contributed by atoms with E-state index in [0.29, 0.717) is 12.2 Å². The minimum Gasteiger partial charge on any atom is -0.305 e. The van der Waals surface area contributed by atoms with Gasteiger partial charge in [0.05, 0.1) is 11.0 Å². The summed E-state index contributed by atoms with van der Waals surface area (Å²) in [5, 5.41) is 0. The Hall–Kier alpha value is -1.64. The zero-order valence-corrected chi connectivity index (χ0v) is 10.4. The monoisotopic (exact) mass is 230 g/mol. The maximum Gasteiger partial charge on any atom is 0.272 e. The SMILES string of the molecule is CCCCc1nc2ccccc2n(CC)c1=O. The normalized spacial score (nSPS) is 10.9. The van der Waals surface area contributed by atoms with Gasteiger partial charge in [-0.3, -0.25) is 4.79 Å². The fraction of sp³-hybridized carbons (Fsp3) is 0.429. The zero-order chi connectivity index (χ0) is 12.3. The van der Waals surface area contributed by atoms with E-state index in [9.17, 15) is 4.79 Å². The first-order chi connectivity index (χ1) is 8.27. The predicted molar refractivity (Wildman–Crippen MR) is 70.3 cm³/mol. The molecule has 2 rings (SSSR count). The van der Waals surface area contributed by atoms with Crippen molar-refractivity contribution in [1.82, 2.24) is 9.55 Å². The van der Waals surface area contributed by atoms with E-state index in [2.05, 4.69) is 11.9 Å². The Kier molecular flexibility index (Phi) is 3.57. The van der Waals surface area contributed by atoms with Crippen molar-refractivity contribution in [3.63, 3.8) is 0 Å². The van der Waals surface area contributed by atoms with E-state index >= 15 is 0 Å². The van der Waals surface area contributed by atoms with Crippen molar-refractivity contribution in [3.8, 4) is 0 Å². The largest absolute Gasteiger partial charge is 0.305 e. The Bertz CT molecular complexity index is 572. The lowest BCUT2D eigenvalue weighted by atomic mass is 10.2. The van der Waals surface area contributed by atoms with Crippen LogP contribution in [-0.2, 0) is 13.0 Å². The van der Waals surface area contributed by atoms with Crippen molar-refractivity contribution < 1.29 is 0 Å². The van der Waals surface area contributed by atoms with Gasteiger partial charge in [-0.25, -0.2) is 4.98 Å². The van der Waals surface area contributed by atoms with Crippen LogP contribution < -0.4 is 5.56 Å². The average Bonchev–Trinajstić information content (AvgIpc) is 2.36. The number of aryl methyl sites for hydroxylation is 2. The number of benzene rings is 1. The Morgan fingerprint density at radius 2 is 2.00 bits per heavy atom. The molecule has 1 heterocycles. The topological polar surface area (TPSA) is 34.9 Å². The summed E-state index contributed by atoms with van der Waals surface area (Å²) < 4.78 is 1.81. The third kappa shape index (κ3) is 2.23. The Balaban J connectivity index is 2.63. The molecule has 0 N–H and O–H groups in total. The number of nitrogens with zero attached hydrogens (tertiary/aromatic N) is 2. The number of aromatic nitrogens is 2. The van der Waals surface area contributed by atoms with Gasteiger partial charge in [0.2, 0.25) is 0 Å². The molecule has 0 saturated heterocycles. The van der Waals surface area contributed by atoms with E-state index in [-0.39, 0.29) is 5.56 Å². The summed E-state index contributed by atoms with van der Waals surface area (Å²) in [6.07, 6.45) is 2.88. The van der Waals surface area contributed by atoms with E-state index in [0.717, 1.165) is 30.3 Å². The molecule has 0 amide bonds.